The molecule has 1 aromatic carbocycles. The van der Waals surface area contributed by atoms with Crippen LogP contribution in [0.15, 0.2) is 18.2 Å². The summed E-state index contributed by atoms with van der Waals surface area (Å²) < 4.78 is 5.40. The van der Waals surface area contributed by atoms with Crippen molar-refractivity contribution in [3.05, 3.63) is 29.3 Å². The van der Waals surface area contributed by atoms with E-state index in [1.165, 1.54) is 12.0 Å². The Morgan fingerprint density at radius 3 is 2.53 bits per heavy atom. The molecule has 0 spiro atoms. The molecule has 0 aromatic heterocycles. The molecular weight excluding hydrogens is 210 g/mol. The van der Waals surface area contributed by atoms with Crippen LogP contribution in [0.2, 0.25) is 0 Å². The van der Waals surface area contributed by atoms with Crippen molar-refractivity contribution < 1.29 is 4.74 Å². The molecular formula is C15H25NO. The Morgan fingerprint density at radius 1 is 1.29 bits per heavy atom. The number of unbranched alkanes of at least 4 members (excludes halogenated alkanes) is 1. The van der Waals surface area contributed by atoms with Crippen molar-refractivity contribution in [3.8, 4) is 5.75 Å². The van der Waals surface area contributed by atoms with Crippen LogP contribution >= 0.6 is 0 Å². The quantitative estimate of drug-likeness (QED) is 0.808. The number of rotatable bonds is 6. The van der Waals surface area contributed by atoms with E-state index in [-0.39, 0.29) is 6.04 Å². The molecule has 17 heavy (non-hydrogen) atoms. The molecule has 0 aliphatic carbocycles. The van der Waals surface area contributed by atoms with Gasteiger partial charge in [-0.2, -0.15) is 0 Å². The first-order chi connectivity index (χ1) is 8.10. The SMILES string of the molecule is CCCC[C@H](N)c1cc(C(C)C)ccc1OC. The second kappa shape index (κ2) is 6.65. The van der Waals surface area contributed by atoms with Crippen LogP contribution in [-0.2, 0) is 0 Å². The van der Waals surface area contributed by atoms with Gasteiger partial charge in [0.15, 0.2) is 0 Å². The van der Waals surface area contributed by atoms with Gasteiger partial charge in [0.2, 0.25) is 0 Å². The molecule has 0 bridgehead atoms. The summed E-state index contributed by atoms with van der Waals surface area (Å²) in [5.41, 5.74) is 8.72. The molecule has 0 heterocycles. The summed E-state index contributed by atoms with van der Waals surface area (Å²) in [6.07, 6.45) is 3.37. The highest BCUT2D eigenvalue weighted by molar-refractivity contribution is 5.40. The zero-order valence-electron chi connectivity index (χ0n) is 11.5. The molecule has 2 nitrogen and oxygen atoms in total. The van der Waals surface area contributed by atoms with E-state index in [1.54, 1.807) is 7.11 Å². The van der Waals surface area contributed by atoms with Crippen LogP contribution in [0, 0.1) is 0 Å². The lowest BCUT2D eigenvalue weighted by Gasteiger charge is -2.18. The molecule has 0 fully saturated rings. The third kappa shape index (κ3) is 3.74. The lowest BCUT2D eigenvalue weighted by atomic mass is 9.95. The Labute approximate surface area is 105 Å². The summed E-state index contributed by atoms with van der Waals surface area (Å²) in [7, 11) is 1.71. The lowest BCUT2D eigenvalue weighted by Crippen LogP contribution is -2.12. The summed E-state index contributed by atoms with van der Waals surface area (Å²) in [6.45, 7) is 6.58. The van der Waals surface area contributed by atoms with Crippen LogP contribution in [0.3, 0.4) is 0 Å². The predicted octanol–water partition coefficient (Wildman–Crippen LogP) is 4.01. The van der Waals surface area contributed by atoms with Gasteiger partial charge in [0.1, 0.15) is 5.75 Å². The minimum Gasteiger partial charge on any atom is -0.496 e. The summed E-state index contributed by atoms with van der Waals surface area (Å²) in [6, 6.07) is 6.45. The Kier molecular flexibility index (Phi) is 5.49. The van der Waals surface area contributed by atoms with Crippen molar-refractivity contribution in [2.75, 3.05) is 7.11 Å². The fourth-order valence-electron chi connectivity index (χ4n) is 1.98. The largest absolute Gasteiger partial charge is 0.496 e. The molecule has 2 N–H and O–H groups in total. The van der Waals surface area contributed by atoms with E-state index in [2.05, 4.69) is 32.9 Å². The predicted molar refractivity (Wildman–Crippen MR) is 73.5 cm³/mol. The highest BCUT2D eigenvalue weighted by Gasteiger charge is 2.13. The number of benzene rings is 1. The third-order valence-electron chi connectivity index (χ3n) is 3.19. The zero-order valence-corrected chi connectivity index (χ0v) is 11.5. The first kappa shape index (κ1) is 14.0. The Bertz CT molecular complexity index is 347. The number of hydrogen-bond acceptors (Lipinski definition) is 2. The molecule has 0 saturated carbocycles. The van der Waals surface area contributed by atoms with Crippen LogP contribution in [0.4, 0.5) is 0 Å². The second-order valence-corrected chi connectivity index (χ2v) is 4.90. The second-order valence-electron chi connectivity index (χ2n) is 4.90. The minimum absolute atomic E-state index is 0.0867. The van der Waals surface area contributed by atoms with E-state index in [9.17, 15) is 0 Å². The maximum Gasteiger partial charge on any atom is 0.123 e. The first-order valence-electron chi connectivity index (χ1n) is 6.53. The first-order valence-corrected chi connectivity index (χ1v) is 6.53. The normalized spacial score (nSPS) is 12.8. The van der Waals surface area contributed by atoms with Gasteiger partial charge in [-0.05, 0) is 24.0 Å². The van der Waals surface area contributed by atoms with Crippen molar-refractivity contribution in [1.29, 1.82) is 0 Å². The fraction of sp³-hybridized carbons (Fsp3) is 0.600. The molecule has 1 aromatic rings. The molecule has 0 radical (unpaired) electrons. The zero-order chi connectivity index (χ0) is 12.8. The summed E-state index contributed by atoms with van der Waals surface area (Å²) in [4.78, 5) is 0. The highest BCUT2D eigenvalue weighted by atomic mass is 16.5. The minimum atomic E-state index is 0.0867. The van der Waals surface area contributed by atoms with Gasteiger partial charge in [-0.1, -0.05) is 45.7 Å². The van der Waals surface area contributed by atoms with E-state index < -0.39 is 0 Å². The van der Waals surface area contributed by atoms with Crippen molar-refractivity contribution in [3.63, 3.8) is 0 Å². The Hall–Kier alpha value is -1.02. The third-order valence-corrected chi connectivity index (χ3v) is 3.19. The average molecular weight is 235 g/mol. The molecule has 0 amide bonds. The van der Waals surface area contributed by atoms with Crippen molar-refractivity contribution >= 4 is 0 Å². The Morgan fingerprint density at radius 2 is 2.00 bits per heavy atom. The fourth-order valence-corrected chi connectivity index (χ4v) is 1.98. The van der Waals surface area contributed by atoms with Gasteiger partial charge in [-0.25, -0.2) is 0 Å². The molecule has 0 unspecified atom stereocenters. The summed E-state index contributed by atoms with van der Waals surface area (Å²) in [5, 5.41) is 0. The lowest BCUT2D eigenvalue weighted by molar-refractivity contribution is 0.403. The van der Waals surface area contributed by atoms with E-state index in [0.717, 1.165) is 24.2 Å². The number of ether oxygens (including phenoxy) is 1. The summed E-state index contributed by atoms with van der Waals surface area (Å²) in [5.74, 6) is 1.44. The van der Waals surface area contributed by atoms with Gasteiger partial charge in [0, 0.05) is 11.6 Å². The van der Waals surface area contributed by atoms with E-state index in [4.69, 9.17) is 10.5 Å². The van der Waals surface area contributed by atoms with E-state index >= 15 is 0 Å². The highest BCUT2D eigenvalue weighted by Crippen LogP contribution is 2.30. The number of methoxy groups -OCH3 is 1. The van der Waals surface area contributed by atoms with E-state index in [0.29, 0.717) is 5.92 Å². The van der Waals surface area contributed by atoms with E-state index in [1.807, 2.05) is 6.07 Å². The van der Waals surface area contributed by atoms with Crippen molar-refractivity contribution in [2.45, 2.75) is 52.0 Å². The Balaban J connectivity index is 2.96. The molecule has 0 saturated heterocycles. The van der Waals surface area contributed by atoms with Gasteiger partial charge >= 0.3 is 0 Å². The van der Waals surface area contributed by atoms with Crippen molar-refractivity contribution in [2.24, 2.45) is 5.73 Å². The number of hydrogen-bond donors (Lipinski definition) is 1. The summed E-state index contributed by atoms with van der Waals surface area (Å²) >= 11 is 0. The van der Waals surface area contributed by atoms with Crippen LogP contribution in [-0.4, -0.2) is 7.11 Å². The smallest absolute Gasteiger partial charge is 0.123 e. The average Bonchev–Trinajstić information content (AvgIpc) is 2.34. The van der Waals surface area contributed by atoms with Gasteiger partial charge in [0.25, 0.3) is 0 Å². The molecule has 1 atom stereocenters. The maximum absolute atomic E-state index is 6.25. The van der Waals surface area contributed by atoms with Crippen molar-refractivity contribution in [1.82, 2.24) is 0 Å². The van der Waals surface area contributed by atoms with Gasteiger partial charge in [-0.3, -0.25) is 0 Å². The topological polar surface area (TPSA) is 35.2 Å². The molecule has 1 rings (SSSR count). The number of nitrogens with two attached hydrogens (primary N) is 1. The maximum atomic E-state index is 6.25. The van der Waals surface area contributed by atoms with Crippen LogP contribution < -0.4 is 10.5 Å². The van der Waals surface area contributed by atoms with Crippen LogP contribution in [0.25, 0.3) is 0 Å². The monoisotopic (exact) mass is 235 g/mol. The van der Waals surface area contributed by atoms with Gasteiger partial charge in [0.05, 0.1) is 7.11 Å². The molecule has 2 heteroatoms. The van der Waals surface area contributed by atoms with Gasteiger partial charge in [-0.15, -0.1) is 0 Å². The van der Waals surface area contributed by atoms with Gasteiger partial charge < -0.3 is 10.5 Å². The van der Waals surface area contributed by atoms with Crippen LogP contribution in [0.5, 0.6) is 5.75 Å². The standard InChI is InChI=1S/C15H25NO/c1-5-6-7-14(16)13-10-12(11(2)3)8-9-15(13)17-4/h8-11,14H,5-7,16H2,1-4H3/t14-/m0/s1. The molecule has 96 valence electrons. The van der Waals surface area contributed by atoms with Crippen LogP contribution in [0.1, 0.15) is 63.1 Å². The molecule has 0 aliphatic heterocycles. The molecule has 0 aliphatic rings.